The van der Waals surface area contributed by atoms with Crippen LogP contribution in [-0.2, 0) is 4.74 Å². The third-order valence-corrected chi connectivity index (χ3v) is 2.34. The highest BCUT2D eigenvalue weighted by molar-refractivity contribution is 5.18. The highest BCUT2D eigenvalue weighted by atomic mass is 16.5. The first-order valence-corrected chi connectivity index (χ1v) is 5.34. The number of nitrogens with one attached hydrogen (secondary N) is 1. The summed E-state index contributed by atoms with van der Waals surface area (Å²) < 4.78 is 4.94. The predicted molar refractivity (Wildman–Crippen MR) is 62.7 cm³/mol. The number of nitrogens with two attached hydrogens (primary N) is 1. The Morgan fingerprint density at radius 3 is 2.67 bits per heavy atom. The SMILES string of the molecule is COCCNCCC(N)c1ccccc1. The largest absolute Gasteiger partial charge is 0.383 e. The van der Waals surface area contributed by atoms with Crippen LogP contribution in [0.2, 0.25) is 0 Å². The molecule has 1 aromatic rings. The van der Waals surface area contributed by atoms with Crippen molar-refractivity contribution in [1.29, 1.82) is 0 Å². The normalized spacial score (nSPS) is 12.7. The van der Waals surface area contributed by atoms with Gasteiger partial charge in [0.15, 0.2) is 0 Å². The minimum Gasteiger partial charge on any atom is -0.383 e. The second-order valence-corrected chi connectivity index (χ2v) is 3.55. The molecule has 15 heavy (non-hydrogen) atoms. The Balaban J connectivity index is 2.16. The van der Waals surface area contributed by atoms with Gasteiger partial charge in [0, 0.05) is 19.7 Å². The molecule has 0 radical (unpaired) electrons. The van der Waals surface area contributed by atoms with Gasteiger partial charge in [-0.15, -0.1) is 0 Å². The summed E-state index contributed by atoms with van der Waals surface area (Å²) in [5.41, 5.74) is 7.24. The van der Waals surface area contributed by atoms with Crippen molar-refractivity contribution < 1.29 is 4.74 Å². The van der Waals surface area contributed by atoms with Crippen molar-refractivity contribution in [3.63, 3.8) is 0 Å². The lowest BCUT2D eigenvalue weighted by Gasteiger charge is -2.12. The molecule has 0 amide bonds. The molecule has 1 unspecified atom stereocenters. The topological polar surface area (TPSA) is 47.3 Å². The quantitative estimate of drug-likeness (QED) is 0.664. The molecule has 0 saturated carbocycles. The van der Waals surface area contributed by atoms with Gasteiger partial charge in [-0.25, -0.2) is 0 Å². The summed E-state index contributed by atoms with van der Waals surface area (Å²) >= 11 is 0. The number of ether oxygens (including phenoxy) is 1. The minimum atomic E-state index is 0.126. The fraction of sp³-hybridized carbons (Fsp3) is 0.500. The van der Waals surface area contributed by atoms with Gasteiger partial charge in [0.05, 0.1) is 6.61 Å². The maximum absolute atomic E-state index is 6.04. The minimum absolute atomic E-state index is 0.126. The van der Waals surface area contributed by atoms with E-state index in [1.54, 1.807) is 7.11 Å². The molecule has 0 spiro atoms. The third kappa shape index (κ3) is 4.93. The van der Waals surface area contributed by atoms with Crippen molar-refractivity contribution in [3.05, 3.63) is 35.9 Å². The van der Waals surface area contributed by atoms with Crippen molar-refractivity contribution in [1.82, 2.24) is 5.32 Å². The van der Waals surface area contributed by atoms with Crippen LogP contribution in [0.4, 0.5) is 0 Å². The summed E-state index contributed by atoms with van der Waals surface area (Å²) in [7, 11) is 1.71. The molecule has 0 heterocycles. The second-order valence-electron chi connectivity index (χ2n) is 3.55. The molecule has 1 rings (SSSR count). The van der Waals surface area contributed by atoms with E-state index in [1.807, 2.05) is 18.2 Å². The third-order valence-electron chi connectivity index (χ3n) is 2.34. The zero-order valence-corrected chi connectivity index (χ0v) is 9.28. The first kappa shape index (κ1) is 12.2. The van der Waals surface area contributed by atoms with E-state index in [0.717, 1.165) is 26.1 Å². The van der Waals surface area contributed by atoms with E-state index >= 15 is 0 Å². The number of hydrogen-bond donors (Lipinski definition) is 2. The fourth-order valence-corrected chi connectivity index (χ4v) is 1.42. The lowest BCUT2D eigenvalue weighted by molar-refractivity contribution is 0.199. The Bertz CT molecular complexity index is 251. The van der Waals surface area contributed by atoms with Gasteiger partial charge in [-0.2, -0.15) is 0 Å². The molecule has 1 aromatic carbocycles. The maximum atomic E-state index is 6.04. The molecular formula is C12H20N2O. The lowest BCUT2D eigenvalue weighted by Crippen LogP contribution is -2.24. The van der Waals surface area contributed by atoms with Gasteiger partial charge in [-0.05, 0) is 18.5 Å². The van der Waals surface area contributed by atoms with Crippen LogP contribution in [0.3, 0.4) is 0 Å². The number of methoxy groups -OCH3 is 1. The van der Waals surface area contributed by atoms with E-state index in [0.29, 0.717) is 0 Å². The van der Waals surface area contributed by atoms with Crippen LogP contribution in [-0.4, -0.2) is 26.8 Å². The Hall–Kier alpha value is -0.900. The summed E-state index contributed by atoms with van der Waals surface area (Å²) in [4.78, 5) is 0. The molecule has 0 saturated heterocycles. The summed E-state index contributed by atoms with van der Waals surface area (Å²) in [6.07, 6.45) is 0.952. The zero-order valence-electron chi connectivity index (χ0n) is 9.28. The van der Waals surface area contributed by atoms with E-state index in [2.05, 4.69) is 17.4 Å². The highest BCUT2D eigenvalue weighted by Gasteiger charge is 2.03. The van der Waals surface area contributed by atoms with Crippen molar-refractivity contribution in [2.75, 3.05) is 26.8 Å². The summed E-state index contributed by atoms with van der Waals surface area (Å²) in [6, 6.07) is 10.3. The summed E-state index contributed by atoms with van der Waals surface area (Å²) in [5, 5.41) is 3.28. The van der Waals surface area contributed by atoms with Crippen LogP contribution in [0.1, 0.15) is 18.0 Å². The summed E-state index contributed by atoms with van der Waals surface area (Å²) in [5.74, 6) is 0. The van der Waals surface area contributed by atoms with Gasteiger partial charge < -0.3 is 15.8 Å². The van der Waals surface area contributed by atoms with Gasteiger partial charge in [-0.3, -0.25) is 0 Å². The van der Waals surface area contributed by atoms with E-state index in [4.69, 9.17) is 10.5 Å². The average molecular weight is 208 g/mol. The summed E-state index contributed by atoms with van der Waals surface area (Å²) in [6.45, 7) is 2.57. The van der Waals surface area contributed by atoms with Crippen molar-refractivity contribution in [3.8, 4) is 0 Å². The molecule has 84 valence electrons. The zero-order chi connectivity index (χ0) is 10.9. The Kier molecular flexibility index (Phi) is 6.00. The smallest absolute Gasteiger partial charge is 0.0587 e. The molecule has 3 N–H and O–H groups in total. The van der Waals surface area contributed by atoms with Crippen LogP contribution in [0.15, 0.2) is 30.3 Å². The van der Waals surface area contributed by atoms with Crippen LogP contribution < -0.4 is 11.1 Å². The molecule has 0 aromatic heterocycles. The molecule has 0 bridgehead atoms. The molecule has 0 aliphatic heterocycles. The molecule has 0 aliphatic carbocycles. The lowest BCUT2D eigenvalue weighted by atomic mass is 10.1. The molecule has 3 nitrogen and oxygen atoms in total. The van der Waals surface area contributed by atoms with Crippen molar-refractivity contribution in [2.45, 2.75) is 12.5 Å². The average Bonchev–Trinajstić information content (AvgIpc) is 2.30. The van der Waals surface area contributed by atoms with E-state index in [-0.39, 0.29) is 6.04 Å². The standard InChI is InChI=1S/C12H20N2O/c1-15-10-9-14-8-7-12(13)11-5-3-2-4-6-11/h2-6,12,14H,7-10,13H2,1H3. The van der Waals surface area contributed by atoms with E-state index in [1.165, 1.54) is 5.56 Å². The second kappa shape index (κ2) is 7.40. The van der Waals surface area contributed by atoms with Gasteiger partial charge in [0.2, 0.25) is 0 Å². The Labute approximate surface area is 91.6 Å². The van der Waals surface area contributed by atoms with Gasteiger partial charge in [-0.1, -0.05) is 30.3 Å². The predicted octanol–water partition coefficient (Wildman–Crippen LogP) is 1.31. The van der Waals surface area contributed by atoms with E-state index in [9.17, 15) is 0 Å². The van der Waals surface area contributed by atoms with Crippen molar-refractivity contribution >= 4 is 0 Å². The monoisotopic (exact) mass is 208 g/mol. The molecular weight excluding hydrogens is 188 g/mol. The van der Waals surface area contributed by atoms with E-state index < -0.39 is 0 Å². The number of hydrogen-bond acceptors (Lipinski definition) is 3. The molecule has 1 atom stereocenters. The van der Waals surface area contributed by atoms with Gasteiger partial charge in [0.25, 0.3) is 0 Å². The molecule has 3 heteroatoms. The van der Waals surface area contributed by atoms with Gasteiger partial charge >= 0.3 is 0 Å². The van der Waals surface area contributed by atoms with Gasteiger partial charge in [0.1, 0.15) is 0 Å². The van der Waals surface area contributed by atoms with Crippen LogP contribution >= 0.6 is 0 Å². The maximum Gasteiger partial charge on any atom is 0.0587 e. The molecule has 0 fully saturated rings. The molecule has 0 aliphatic rings. The highest BCUT2D eigenvalue weighted by Crippen LogP contribution is 2.11. The first-order valence-electron chi connectivity index (χ1n) is 5.34. The first-order chi connectivity index (χ1) is 7.34. The Morgan fingerprint density at radius 2 is 2.00 bits per heavy atom. The number of benzene rings is 1. The Morgan fingerprint density at radius 1 is 1.27 bits per heavy atom. The fourth-order valence-electron chi connectivity index (χ4n) is 1.42. The number of rotatable bonds is 7. The van der Waals surface area contributed by atoms with Crippen LogP contribution in [0.5, 0.6) is 0 Å². The van der Waals surface area contributed by atoms with Crippen LogP contribution in [0, 0.1) is 0 Å². The van der Waals surface area contributed by atoms with Crippen LogP contribution in [0.25, 0.3) is 0 Å². The van der Waals surface area contributed by atoms with Crippen molar-refractivity contribution in [2.24, 2.45) is 5.73 Å².